The van der Waals surface area contributed by atoms with Crippen LogP contribution in [-0.2, 0) is 17.8 Å². The van der Waals surface area contributed by atoms with E-state index in [1.54, 1.807) is 29.7 Å². The highest BCUT2D eigenvalue weighted by Crippen LogP contribution is 2.37. The molecule has 0 aliphatic carbocycles. The van der Waals surface area contributed by atoms with Gasteiger partial charge in [0, 0.05) is 45.7 Å². The normalized spacial score (nSPS) is 11.9. The average molecular weight is 836 g/mol. The number of nitrogens with zero attached hydrogens (tertiary/aromatic N) is 2. The molecule has 0 radical (unpaired) electrons. The van der Waals surface area contributed by atoms with Gasteiger partial charge in [0.05, 0.1) is 17.5 Å². The lowest BCUT2D eigenvalue weighted by molar-refractivity contribution is -0.128. The van der Waals surface area contributed by atoms with Crippen LogP contribution in [0.4, 0.5) is 0 Å². The van der Waals surface area contributed by atoms with Crippen LogP contribution in [0.1, 0.15) is 141 Å². The van der Waals surface area contributed by atoms with Crippen LogP contribution in [0.15, 0.2) is 78.9 Å². The molecule has 0 saturated heterocycles. The van der Waals surface area contributed by atoms with E-state index in [-0.39, 0.29) is 30.0 Å². The number of aromatic nitrogens is 1. The predicted octanol–water partition coefficient (Wildman–Crippen LogP) is 10.6. The third-order valence-electron chi connectivity index (χ3n) is 11.3. The molecule has 0 spiro atoms. The summed E-state index contributed by atoms with van der Waals surface area (Å²) in [5.74, 6) is -0.760. The van der Waals surface area contributed by atoms with Gasteiger partial charge in [0.1, 0.15) is 5.75 Å². The van der Waals surface area contributed by atoms with Crippen molar-refractivity contribution in [1.29, 1.82) is 0 Å². The molecule has 2 amide bonds. The first-order valence-electron chi connectivity index (χ1n) is 22.1. The molecule has 5 aromatic rings. The molecule has 60 heavy (non-hydrogen) atoms. The van der Waals surface area contributed by atoms with Gasteiger partial charge < -0.3 is 26.0 Å². The highest BCUT2D eigenvalue weighted by atomic mass is 32.1. The number of carbonyl (C=O) groups is 3. The number of aromatic hydroxyl groups is 1. The fraction of sp³-hybridized carbons (Fsp3) is 0.449. The van der Waals surface area contributed by atoms with Gasteiger partial charge in [-0.2, -0.15) is 0 Å². The summed E-state index contributed by atoms with van der Waals surface area (Å²) >= 11 is 1.25. The van der Waals surface area contributed by atoms with Crippen molar-refractivity contribution in [3.63, 3.8) is 0 Å². The van der Waals surface area contributed by atoms with Gasteiger partial charge in [0.2, 0.25) is 11.7 Å². The fourth-order valence-corrected chi connectivity index (χ4v) is 9.07. The Bertz CT molecular complexity index is 2140. The van der Waals surface area contributed by atoms with E-state index in [1.165, 1.54) is 62.7 Å². The summed E-state index contributed by atoms with van der Waals surface area (Å²) in [4.78, 5) is 43.5. The average Bonchev–Trinajstić information content (AvgIpc) is 3.85. The van der Waals surface area contributed by atoms with E-state index < -0.39 is 5.91 Å². The highest BCUT2D eigenvalue weighted by molar-refractivity contribution is 7.17. The van der Waals surface area contributed by atoms with Crippen molar-refractivity contribution >= 4 is 39.8 Å². The molecule has 0 saturated carbocycles. The number of amides is 2. The maximum absolute atomic E-state index is 14.1. The van der Waals surface area contributed by atoms with Crippen LogP contribution in [-0.4, -0.2) is 56.6 Å². The van der Waals surface area contributed by atoms with E-state index in [0.717, 1.165) is 67.1 Å². The van der Waals surface area contributed by atoms with Gasteiger partial charge in [-0.05, 0) is 91.4 Å². The number of nitrogens with one attached hydrogen (secondary N) is 1. The summed E-state index contributed by atoms with van der Waals surface area (Å²) in [6, 6.07) is 24.0. The van der Waals surface area contributed by atoms with E-state index in [4.69, 9.17) is 11.5 Å². The van der Waals surface area contributed by atoms with Crippen LogP contribution in [0.2, 0.25) is 0 Å². The van der Waals surface area contributed by atoms with Crippen molar-refractivity contribution in [2.24, 2.45) is 11.5 Å². The van der Waals surface area contributed by atoms with Gasteiger partial charge in [-0.25, -0.2) is 5.48 Å². The zero-order valence-electron chi connectivity index (χ0n) is 35.6. The Morgan fingerprint density at radius 1 is 0.767 bits per heavy atom. The van der Waals surface area contributed by atoms with Crippen molar-refractivity contribution in [2.75, 3.05) is 13.1 Å². The van der Waals surface area contributed by atoms with Crippen LogP contribution < -0.4 is 16.9 Å². The molecule has 0 aliphatic heterocycles. The Morgan fingerprint density at radius 3 is 2.13 bits per heavy atom. The number of nitrogens with two attached hydrogens (primary N) is 2. The molecule has 1 atom stereocenters. The second-order valence-electron chi connectivity index (χ2n) is 16.0. The molecule has 322 valence electrons. The second-order valence-corrected chi connectivity index (χ2v) is 17.0. The van der Waals surface area contributed by atoms with Crippen LogP contribution in [0.25, 0.3) is 32.6 Å². The van der Waals surface area contributed by atoms with Gasteiger partial charge in [0.15, 0.2) is 0 Å². The molecule has 2 heterocycles. The van der Waals surface area contributed by atoms with E-state index in [0.29, 0.717) is 51.6 Å². The van der Waals surface area contributed by atoms with Crippen molar-refractivity contribution in [3.8, 4) is 27.4 Å². The summed E-state index contributed by atoms with van der Waals surface area (Å²) in [6.07, 6.45) is 16.0. The molecule has 1 unspecified atom stereocenters. The van der Waals surface area contributed by atoms with Crippen molar-refractivity contribution in [3.05, 3.63) is 100 Å². The van der Waals surface area contributed by atoms with E-state index >= 15 is 0 Å². The lowest BCUT2D eigenvalue weighted by atomic mass is 10.0. The molecular weight excluding hydrogens is 771 g/mol. The first kappa shape index (κ1) is 46.3. The third-order valence-corrected chi connectivity index (χ3v) is 12.5. The number of phenolic OH excluding ortho intramolecular Hbond substituents is 1. The van der Waals surface area contributed by atoms with E-state index in [9.17, 15) is 24.7 Å². The number of thiophene rings is 1. The smallest absolute Gasteiger partial charge is 0.255 e. The molecule has 7 N–H and O–H groups in total. The van der Waals surface area contributed by atoms with Crippen molar-refractivity contribution < 1.29 is 24.7 Å². The van der Waals surface area contributed by atoms with Crippen LogP contribution in [0, 0.1) is 0 Å². The number of hydrogen-bond acceptors (Lipinski definition) is 8. The van der Waals surface area contributed by atoms with Gasteiger partial charge >= 0.3 is 0 Å². The minimum Gasteiger partial charge on any atom is -0.508 e. The van der Waals surface area contributed by atoms with Gasteiger partial charge in [0.25, 0.3) is 5.91 Å². The number of hydrogen-bond donors (Lipinski definition) is 5. The number of benzene rings is 3. The quantitative estimate of drug-likeness (QED) is 0.0122. The summed E-state index contributed by atoms with van der Waals surface area (Å²) in [7, 11) is 0. The van der Waals surface area contributed by atoms with Crippen molar-refractivity contribution in [1.82, 2.24) is 14.9 Å². The number of ketones is 1. The molecule has 5 rings (SSSR count). The zero-order valence-corrected chi connectivity index (χ0v) is 36.4. The minimum absolute atomic E-state index is 0.0267. The highest BCUT2D eigenvalue weighted by Gasteiger charge is 2.23. The molecule has 2 aromatic heterocycles. The number of fused-ring (bicyclic) bond motifs is 1. The Kier molecular flexibility index (Phi) is 18.4. The van der Waals surface area contributed by atoms with Gasteiger partial charge in [-0.15, -0.1) is 11.3 Å². The number of rotatable bonds is 26. The van der Waals surface area contributed by atoms with Gasteiger partial charge in [-0.1, -0.05) is 121 Å². The number of unbranched alkanes of at least 4 members (excludes halogenated alkanes) is 11. The Hall–Kier alpha value is -4.81. The maximum Gasteiger partial charge on any atom is 0.255 e. The first-order chi connectivity index (χ1) is 29.2. The number of aryl methyl sites for hydroxylation is 1. The second kappa shape index (κ2) is 23.8. The number of phenols is 1. The van der Waals surface area contributed by atoms with E-state index in [2.05, 4.69) is 24.5 Å². The topological polar surface area (TPSA) is 164 Å². The third kappa shape index (κ3) is 12.6. The Labute approximate surface area is 359 Å². The van der Waals surface area contributed by atoms with E-state index in [1.807, 2.05) is 53.4 Å². The SMILES string of the molecule is CCCCCCCCCN(C(=O)c1ccc(-c2cc3ccc(C(=O)c4cc(CC(=O)NO)c(-c5cccc(O)c5)s4)cc3n2CCCCN)cc1)C(N)CCCCCCC. The molecule has 10 nitrogen and oxygen atoms in total. The van der Waals surface area contributed by atoms with Crippen LogP contribution in [0.5, 0.6) is 5.75 Å². The standard InChI is InChI=1S/C49H65N5O5S/c1-3-5-7-9-10-12-15-29-54(45(51)20-13-11-8-6-4-2)49(58)36-23-21-35(22-24-36)42-31-37-25-26-38(32-43(37)53(42)28-16-14-27-50)47(57)44-33-40(34-46(56)52-59)48(60-44)39-18-17-19-41(55)30-39/h17-19,21-26,30-33,45,55,59H,3-16,20,27-29,34,50-51H2,1-2H3,(H,52,56). The number of hydroxylamine groups is 1. The Morgan fingerprint density at radius 2 is 1.45 bits per heavy atom. The van der Waals surface area contributed by atoms with Crippen LogP contribution >= 0.6 is 11.3 Å². The predicted molar refractivity (Wildman–Crippen MR) is 245 cm³/mol. The Balaban J connectivity index is 1.41. The maximum atomic E-state index is 14.1. The fourth-order valence-electron chi connectivity index (χ4n) is 7.93. The van der Waals surface area contributed by atoms with Crippen LogP contribution in [0.3, 0.4) is 0 Å². The summed E-state index contributed by atoms with van der Waals surface area (Å²) in [5, 5.41) is 20.4. The largest absolute Gasteiger partial charge is 0.508 e. The van der Waals surface area contributed by atoms with Crippen molar-refractivity contribution in [2.45, 2.75) is 129 Å². The first-order valence-corrected chi connectivity index (χ1v) is 22.9. The monoisotopic (exact) mass is 835 g/mol. The molecular formula is C49H65N5O5S. The summed E-state index contributed by atoms with van der Waals surface area (Å²) in [5.41, 5.74) is 19.6. The van der Waals surface area contributed by atoms with Gasteiger partial charge in [-0.3, -0.25) is 19.6 Å². The molecule has 0 fully saturated rings. The zero-order chi connectivity index (χ0) is 42.9. The minimum atomic E-state index is -0.604. The summed E-state index contributed by atoms with van der Waals surface area (Å²) < 4.78 is 2.23. The molecule has 0 aliphatic rings. The molecule has 3 aromatic carbocycles. The molecule has 0 bridgehead atoms. The lowest BCUT2D eigenvalue weighted by Crippen LogP contribution is -2.46. The number of carbonyl (C=O) groups excluding carboxylic acids is 3. The molecule has 11 heteroatoms. The summed E-state index contributed by atoms with van der Waals surface area (Å²) in [6.45, 7) is 6.36. The lowest BCUT2D eigenvalue weighted by Gasteiger charge is -2.29.